The van der Waals surface area contributed by atoms with Gasteiger partial charge in [-0.1, -0.05) is 26.7 Å². The summed E-state index contributed by atoms with van der Waals surface area (Å²) in [6.07, 6.45) is 9.57. The predicted octanol–water partition coefficient (Wildman–Crippen LogP) is 3.36. The molecule has 0 bridgehead atoms. The van der Waals surface area contributed by atoms with Gasteiger partial charge >= 0.3 is 0 Å². The van der Waals surface area contributed by atoms with Gasteiger partial charge in [0.2, 0.25) is 0 Å². The summed E-state index contributed by atoms with van der Waals surface area (Å²) < 4.78 is 2.04. The molecule has 1 saturated carbocycles. The molecule has 0 aromatic carbocycles. The quantitative estimate of drug-likeness (QED) is 0.838. The number of hydrogen-bond donors (Lipinski definition) is 1. The maximum absolute atomic E-state index is 6.16. The highest BCUT2D eigenvalue weighted by molar-refractivity contribution is 5.12. The summed E-state index contributed by atoms with van der Waals surface area (Å²) in [4.78, 5) is 2.65. The minimum Gasteiger partial charge on any atom is -0.329 e. The zero-order chi connectivity index (χ0) is 15.4. The highest BCUT2D eigenvalue weighted by atomic mass is 15.3. The molecular weight excluding hydrogens is 260 g/mol. The van der Waals surface area contributed by atoms with Gasteiger partial charge in [-0.25, -0.2) is 0 Å². The number of rotatable bonds is 7. The average molecular weight is 292 g/mol. The van der Waals surface area contributed by atoms with E-state index in [-0.39, 0.29) is 0 Å². The monoisotopic (exact) mass is 292 g/mol. The van der Waals surface area contributed by atoms with Crippen molar-refractivity contribution in [2.75, 3.05) is 13.1 Å². The first-order valence-corrected chi connectivity index (χ1v) is 8.52. The zero-order valence-electron chi connectivity index (χ0n) is 14.1. The third kappa shape index (κ3) is 4.07. The van der Waals surface area contributed by atoms with Gasteiger partial charge in [0, 0.05) is 36.9 Å². The maximum atomic E-state index is 6.16. The van der Waals surface area contributed by atoms with Crippen molar-refractivity contribution in [1.29, 1.82) is 0 Å². The number of hydrogen-bond acceptors (Lipinski definition) is 3. The highest BCUT2D eigenvalue weighted by Gasteiger charge is 2.30. The van der Waals surface area contributed by atoms with Crippen LogP contribution < -0.4 is 5.73 Å². The van der Waals surface area contributed by atoms with E-state index in [2.05, 4.69) is 43.9 Å². The van der Waals surface area contributed by atoms with Crippen LogP contribution in [-0.4, -0.2) is 33.8 Å². The molecule has 2 rings (SSSR count). The van der Waals surface area contributed by atoms with Crippen LogP contribution in [0.5, 0.6) is 0 Å². The van der Waals surface area contributed by atoms with E-state index in [0.717, 1.165) is 6.54 Å². The summed E-state index contributed by atoms with van der Waals surface area (Å²) in [5, 5.41) is 4.51. The second-order valence-electron chi connectivity index (χ2n) is 7.13. The van der Waals surface area contributed by atoms with Crippen molar-refractivity contribution in [3.8, 4) is 0 Å². The Bertz CT molecular complexity index is 418. The Labute approximate surface area is 129 Å². The molecule has 1 aliphatic rings. The summed E-state index contributed by atoms with van der Waals surface area (Å²) in [5.74, 6) is 0.666. The van der Waals surface area contributed by atoms with Gasteiger partial charge in [0.1, 0.15) is 0 Å². The molecule has 1 fully saturated rings. The lowest BCUT2D eigenvalue weighted by Crippen LogP contribution is -2.42. The SMILES string of the molecule is CC(C)CN(C1CCCC1)C(CN)c1cnn(C(C)C)c1. The fraction of sp³-hybridized carbons (Fsp3) is 0.824. The molecule has 1 aromatic rings. The first kappa shape index (κ1) is 16.5. The Hall–Kier alpha value is -0.870. The molecule has 4 heteroatoms. The molecule has 120 valence electrons. The Morgan fingerprint density at radius 3 is 2.43 bits per heavy atom. The van der Waals surface area contributed by atoms with E-state index in [1.807, 2.05) is 10.9 Å². The zero-order valence-corrected chi connectivity index (χ0v) is 14.1. The second-order valence-corrected chi connectivity index (χ2v) is 7.13. The van der Waals surface area contributed by atoms with E-state index >= 15 is 0 Å². The summed E-state index contributed by atoms with van der Waals surface area (Å²) in [7, 11) is 0. The molecular formula is C17H32N4. The first-order valence-electron chi connectivity index (χ1n) is 8.52. The molecule has 0 aliphatic heterocycles. The van der Waals surface area contributed by atoms with Crippen molar-refractivity contribution in [2.45, 2.75) is 71.5 Å². The largest absolute Gasteiger partial charge is 0.329 e. The van der Waals surface area contributed by atoms with Gasteiger partial charge in [0.05, 0.1) is 12.2 Å². The van der Waals surface area contributed by atoms with Gasteiger partial charge in [-0.15, -0.1) is 0 Å². The van der Waals surface area contributed by atoms with Crippen molar-refractivity contribution in [1.82, 2.24) is 14.7 Å². The molecule has 1 aromatic heterocycles. The lowest BCUT2D eigenvalue weighted by Gasteiger charge is -2.36. The van der Waals surface area contributed by atoms with E-state index in [1.165, 1.54) is 31.2 Å². The first-order chi connectivity index (χ1) is 10.0. The van der Waals surface area contributed by atoms with Crippen LogP contribution in [0.15, 0.2) is 12.4 Å². The topological polar surface area (TPSA) is 47.1 Å². The Balaban J connectivity index is 2.20. The van der Waals surface area contributed by atoms with Crippen molar-refractivity contribution in [3.63, 3.8) is 0 Å². The van der Waals surface area contributed by atoms with E-state index in [1.54, 1.807) is 0 Å². The van der Waals surface area contributed by atoms with Crippen LogP contribution >= 0.6 is 0 Å². The normalized spacial score (nSPS) is 18.3. The average Bonchev–Trinajstić information content (AvgIpc) is 3.09. The number of nitrogens with zero attached hydrogens (tertiary/aromatic N) is 3. The van der Waals surface area contributed by atoms with Crippen molar-refractivity contribution >= 4 is 0 Å². The van der Waals surface area contributed by atoms with Gasteiger partial charge < -0.3 is 5.73 Å². The molecule has 1 atom stereocenters. The van der Waals surface area contributed by atoms with Crippen molar-refractivity contribution in [3.05, 3.63) is 18.0 Å². The molecule has 1 aliphatic carbocycles. The molecule has 4 nitrogen and oxygen atoms in total. The van der Waals surface area contributed by atoms with Gasteiger partial charge in [-0.05, 0) is 32.6 Å². The van der Waals surface area contributed by atoms with E-state index in [4.69, 9.17) is 5.73 Å². The Morgan fingerprint density at radius 1 is 1.29 bits per heavy atom. The standard InChI is InChI=1S/C17H32N4/c1-13(2)11-20(16-7-5-6-8-16)17(9-18)15-10-19-21(12-15)14(3)4/h10,12-14,16-17H,5-9,11,18H2,1-4H3. The molecule has 21 heavy (non-hydrogen) atoms. The fourth-order valence-electron chi connectivity index (χ4n) is 3.46. The number of aromatic nitrogens is 2. The lowest BCUT2D eigenvalue weighted by atomic mass is 10.0. The molecule has 0 saturated heterocycles. The van der Waals surface area contributed by atoms with Crippen LogP contribution in [0.2, 0.25) is 0 Å². The molecule has 1 unspecified atom stereocenters. The van der Waals surface area contributed by atoms with E-state index < -0.39 is 0 Å². The predicted molar refractivity (Wildman–Crippen MR) is 88.2 cm³/mol. The third-order valence-corrected chi connectivity index (χ3v) is 4.53. The summed E-state index contributed by atoms with van der Waals surface area (Å²) in [5.41, 5.74) is 7.43. The summed E-state index contributed by atoms with van der Waals surface area (Å²) >= 11 is 0. The minimum absolute atomic E-state index is 0.308. The van der Waals surface area contributed by atoms with Gasteiger partial charge in [0.25, 0.3) is 0 Å². The molecule has 2 N–H and O–H groups in total. The summed E-state index contributed by atoms with van der Waals surface area (Å²) in [6.45, 7) is 10.7. The molecule has 0 spiro atoms. The minimum atomic E-state index is 0.308. The highest BCUT2D eigenvalue weighted by Crippen LogP contribution is 2.31. The van der Waals surface area contributed by atoms with Crippen LogP contribution in [-0.2, 0) is 0 Å². The fourth-order valence-corrected chi connectivity index (χ4v) is 3.46. The van der Waals surface area contributed by atoms with E-state index in [0.29, 0.717) is 30.6 Å². The van der Waals surface area contributed by atoms with Crippen molar-refractivity contribution in [2.24, 2.45) is 11.7 Å². The Morgan fingerprint density at radius 2 is 1.95 bits per heavy atom. The van der Waals surface area contributed by atoms with E-state index in [9.17, 15) is 0 Å². The van der Waals surface area contributed by atoms with Crippen LogP contribution in [0.1, 0.15) is 71.0 Å². The molecule has 0 radical (unpaired) electrons. The van der Waals surface area contributed by atoms with Crippen LogP contribution in [0, 0.1) is 5.92 Å². The van der Waals surface area contributed by atoms with Gasteiger partial charge in [0.15, 0.2) is 0 Å². The maximum Gasteiger partial charge on any atom is 0.0538 e. The van der Waals surface area contributed by atoms with Crippen molar-refractivity contribution < 1.29 is 0 Å². The lowest BCUT2D eigenvalue weighted by molar-refractivity contribution is 0.121. The second kappa shape index (κ2) is 7.41. The van der Waals surface area contributed by atoms with Crippen LogP contribution in [0.25, 0.3) is 0 Å². The molecule has 1 heterocycles. The van der Waals surface area contributed by atoms with Gasteiger partial charge in [-0.3, -0.25) is 9.58 Å². The van der Waals surface area contributed by atoms with Gasteiger partial charge in [-0.2, -0.15) is 5.10 Å². The van der Waals surface area contributed by atoms with Crippen LogP contribution in [0.3, 0.4) is 0 Å². The van der Waals surface area contributed by atoms with Crippen LogP contribution in [0.4, 0.5) is 0 Å². The summed E-state index contributed by atoms with van der Waals surface area (Å²) in [6, 6.07) is 1.41. The molecule has 0 amide bonds. The Kier molecular flexibility index (Phi) is 5.82. The third-order valence-electron chi connectivity index (χ3n) is 4.53. The number of nitrogens with two attached hydrogens (primary N) is 1. The smallest absolute Gasteiger partial charge is 0.0538 e.